The molecule has 1 amide bonds. The van der Waals surface area contributed by atoms with Gasteiger partial charge >= 0.3 is 0 Å². The lowest BCUT2D eigenvalue weighted by Crippen LogP contribution is -2.39. The Morgan fingerprint density at radius 2 is 2.22 bits per heavy atom. The lowest BCUT2D eigenvalue weighted by Gasteiger charge is -2.23. The molecule has 18 heavy (non-hydrogen) atoms. The van der Waals surface area contributed by atoms with Crippen LogP contribution in [-0.4, -0.2) is 31.8 Å². The van der Waals surface area contributed by atoms with Crippen LogP contribution in [0, 0.1) is 0 Å². The lowest BCUT2D eigenvalue weighted by atomic mass is 10.1. The smallest absolute Gasteiger partial charge is 0.255 e. The van der Waals surface area contributed by atoms with Crippen molar-refractivity contribution in [2.75, 3.05) is 25.1 Å². The van der Waals surface area contributed by atoms with Crippen molar-refractivity contribution in [1.29, 1.82) is 0 Å². The van der Waals surface area contributed by atoms with Crippen LogP contribution in [0.1, 0.15) is 18.5 Å². The Balaban J connectivity index is 2.06. The highest BCUT2D eigenvalue weighted by Gasteiger charge is 2.23. The predicted molar refractivity (Wildman–Crippen MR) is 68.2 cm³/mol. The van der Waals surface area contributed by atoms with Crippen LogP contribution in [0.15, 0.2) is 24.3 Å². The molecule has 0 aromatic heterocycles. The summed E-state index contributed by atoms with van der Waals surface area (Å²) in [4.78, 5) is 12.0. The van der Waals surface area contributed by atoms with E-state index in [4.69, 9.17) is 15.2 Å². The molecule has 98 valence electrons. The van der Waals surface area contributed by atoms with Gasteiger partial charge in [-0.2, -0.15) is 0 Å². The van der Waals surface area contributed by atoms with Gasteiger partial charge in [-0.25, -0.2) is 0 Å². The van der Waals surface area contributed by atoms with Gasteiger partial charge in [0, 0.05) is 11.7 Å². The summed E-state index contributed by atoms with van der Waals surface area (Å²) < 4.78 is 10.6. The molecule has 2 unspecified atom stereocenters. The summed E-state index contributed by atoms with van der Waals surface area (Å²) in [7, 11) is 0. The Hall–Kier alpha value is -1.43. The molecule has 1 aromatic carbocycles. The molecule has 0 saturated carbocycles. The molecule has 2 atom stereocenters. The fourth-order valence-corrected chi connectivity index (χ4v) is 1.86. The topological polar surface area (TPSA) is 73.6 Å². The molecule has 1 aliphatic rings. The lowest BCUT2D eigenvalue weighted by molar-refractivity contribution is -0.142. The van der Waals surface area contributed by atoms with Crippen LogP contribution in [0.5, 0.6) is 0 Å². The van der Waals surface area contributed by atoms with Gasteiger partial charge in [-0.3, -0.25) is 4.79 Å². The Bertz CT molecular complexity index is 414. The molecule has 0 radical (unpaired) electrons. The first kappa shape index (κ1) is 13.0. The zero-order valence-corrected chi connectivity index (χ0v) is 10.4. The zero-order valence-electron chi connectivity index (χ0n) is 10.4. The van der Waals surface area contributed by atoms with Crippen molar-refractivity contribution >= 4 is 11.6 Å². The minimum Gasteiger partial charge on any atom is -0.376 e. The first-order valence-electron chi connectivity index (χ1n) is 6.03. The molecule has 3 N–H and O–H groups in total. The average molecular weight is 250 g/mol. The summed E-state index contributed by atoms with van der Waals surface area (Å²) in [6.45, 7) is 3.17. The number of amides is 1. The van der Waals surface area contributed by atoms with Crippen molar-refractivity contribution in [1.82, 2.24) is 0 Å². The second kappa shape index (κ2) is 5.95. The van der Waals surface area contributed by atoms with Gasteiger partial charge in [-0.05, 0) is 18.6 Å². The number of hydrogen-bond donors (Lipinski definition) is 2. The Labute approximate surface area is 106 Å². The van der Waals surface area contributed by atoms with E-state index in [1.807, 2.05) is 31.2 Å². The molecule has 5 heteroatoms. The van der Waals surface area contributed by atoms with Crippen molar-refractivity contribution in [2.45, 2.75) is 19.1 Å². The largest absolute Gasteiger partial charge is 0.376 e. The van der Waals surface area contributed by atoms with E-state index in [-0.39, 0.29) is 11.9 Å². The van der Waals surface area contributed by atoms with E-state index in [2.05, 4.69) is 5.32 Å². The third kappa shape index (κ3) is 3.07. The van der Waals surface area contributed by atoms with Gasteiger partial charge < -0.3 is 20.5 Å². The fraction of sp³-hybridized carbons (Fsp3) is 0.462. The van der Waals surface area contributed by atoms with E-state index >= 15 is 0 Å². The van der Waals surface area contributed by atoms with Crippen LogP contribution in [0.4, 0.5) is 5.69 Å². The third-order valence-corrected chi connectivity index (χ3v) is 2.82. The standard InChI is InChI=1S/C13H18N2O3/c1-9(14)10-4-2-3-5-11(10)15-13(16)12-8-17-6-7-18-12/h2-5,9,12H,6-8,14H2,1H3,(H,15,16). The number of benzene rings is 1. The Morgan fingerprint density at radius 3 is 2.89 bits per heavy atom. The number of carbonyl (C=O) groups excluding carboxylic acids is 1. The van der Waals surface area contributed by atoms with Crippen LogP contribution < -0.4 is 11.1 Å². The quantitative estimate of drug-likeness (QED) is 0.841. The molecule has 1 saturated heterocycles. The molecule has 5 nitrogen and oxygen atoms in total. The van der Waals surface area contributed by atoms with Crippen molar-refractivity contribution in [3.8, 4) is 0 Å². The molecule has 1 fully saturated rings. The monoisotopic (exact) mass is 250 g/mol. The average Bonchev–Trinajstić information content (AvgIpc) is 2.40. The van der Waals surface area contributed by atoms with E-state index in [1.165, 1.54) is 0 Å². The van der Waals surface area contributed by atoms with Crippen LogP contribution >= 0.6 is 0 Å². The Morgan fingerprint density at radius 1 is 1.44 bits per heavy atom. The fourth-order valence-electron chi connectivity index (χ4n) is 1.86. The Kier molecular flexibility index (Phi) is 4.30. The van der Waals surface area contributed by atoms with Gasteiger partial charge in [0.05, 0.1) is 19.8 Å². The highest BCUT2D eigenvalue weighted by molar-refractivity contribution is 5.95. The van der Waals surface area contributed by atoms with Gasteiger partial charge in [0.25, 0.3) is 5.91 Å². The zero-order chi connectivity index (χ0) is 13.0. The molecule has 0 bridgehead atoms. The number of anilines is 1. The maximum atomic E-state index is 12.0. The number of para-hydroxylation sites is 1. The second-order valence-electron chi connectivity index (χ2n) is 4.30. The summed E-state index contributed by atoms with van der Waals surface area (Å²) >= 11 is 0. The first-order valence-corrected chi connectivity index (χ1v) is 6.03. The summed E-state index contributed by atoms with van der Waals surface area (Å²) in [5.74, 6) is -0.192. The molecule has 0 aliphatic carbocycles. The number of ether oxygens (including phenoxy) is 2. The van der Waals surface area contributed by atoms with E-state index in [9.17, 15) is 4.79 Å². The molecular formula is C13H18N2O3. The van der Waals surface area contributed by atoms with Gasteiger partial charge in [0.15, 0.2) is 6.10 Å². The first-order chi connectivity index (χ1) is 8.68. The van der Waals surface area contributed by atoms with Gasteiger partial charge in [0.1, 0.15) is 0 Å². The molecule has 2 rings (SSSR count). The number of carbonyl (C=O) groups is 1. The van der Waals surface area contributed by atoms with Crippen LogP contribution in [0.25, 0.3) is 0 Å². The normalized spacial score (nSPS) is 21.3. The van der Waals surface area contributed by atoms with Crippen molar-refractivity contribution < 1.29 is 14.3 Å². The van der Waals surface area contributed by atoms with Gasteiger partial charge in [-0.1, -0.05) is 18.2 Å². The molecule has 0 spiro atoms. The summed E-state index contributed by atoms with van der Waals surface area (Å²) in [5, 5.41) is 2.84. The van der Waals surface area contributed by atoms with E-state index in [0.717, 1.165) is 11.3 Å². The van der Waals surface area contributed by atoms with Crippen LogP contribution in [0.2, 0.25) is 0 Å². The molecule has 1 aromatic rings. The van der Waals surface area contributed by atoms with Crippen LogP contribution in [0.3, 0.4) is 0 Å². The van der Waals surface area contributed by atoms with E-state index in [0.29, 0.717) is 19.8 Å². The highest BCUT2D eigenvalue weighted by Crippen LogP contribution is 2.21. The summed E-state index contributed by atoms with van der Waals surface area (Å²) in [6, 6.07) is 7.36. The maximum absolute atomic E-state index is 12.0. The number of nitrogens with one attached hydrogen (secondary N) is 1. The predicted octanol–water partition coefficient (Wildman–Crippen LogP) is 1.06. The van der Waals surface area contributed by atoms with Gasteiger partial charge in [0.2, 0.25) is 0 Å². The van der Waals surface area contributed by atoms with E-state index in [1.54, 1.807) is 0 Å². The maximum Gasteiger partial charge on any atom is 0.255 e. The number of rotatable bonds is 3. The molecular weight excluding hydrogens is 232 g/mol. The number of nitrogens with two attached hydrogens (primary N) is 1. The summed E-state index contributed by atoms with van der Waals surface area (Å²) in [6.07, 6.45) is -0.542. The molecule has 1 heterocycles. The third-order valence-electron chi connectivity index (χ3n) is 2.82. The van der Waals surface area contributed by atoms with Crippen molar-refractivity contribution in [2.24, 2.45) is 5.73 Å². The highest BCUT2D eigenvalue weighted by atomic mass is 16.6. The van der Waals surface area contributed by atoms with E-state index < -0.39 is 6.10 Å². The van der Waals surface area contributed by atoms with Crippen molar-refractivity contribution in [3.05, 3.63) is 29.8 Å². The SMILES string of the molecule is CC(N)c1ccccc1NC(=O)C1COCCO1. The summed E-state index contributed by atoms with van der Waals surface area (Å²) in [5.41, 5.74) is 7.50. The van der Waals surface area contributed by atoms with Gasteiger partial charge in [-0.15, -0.1) is 0 Å². The minimum atomic E-state index is -0.542. The number of hydrogen-bond acceptors (Lipinski definition) is 4. The van der Waals surface area contributed by atoms with Crippen molar-refractivity contribution in [3.63, 3.8) is 0 Å². The molecule has 1 aliphatic heterocycles. The van der Waals surface area contributed by atoms with Crippen LogP contribution in [-0.2, 0) is 14.3 Å². The minimum absolute atomic E-state index is 0.134. The second-order valence-corrected chi connectivity index (χ2v) is 4.30.